The van der Waals surface area contributed by atoms with Gasteiger partial charge in [-0.15, -0.1) is 12.4 Å². The highest BCUT2D eigenvalue weighted by Crippen LogP contribution is 2.49. The second-order valence-electron chi connectivity index (χ2n) is 5.74. The number of carbonyl (C=O) groups is 1. The van der Waals surface area contributed by atoms with Crippen LogP contribution < -0.4 is 5.32 Å². The van der Waals surface area contributed by atoms with Crippen LogP contribution in [0.4, 0.5) is 0 Å². The van der Waals surface area contributed by atoms with E-state index in [0.29, 0.717) is 10.0 Å². The van der Waals surface area contributed by atoms with Gasteiger partial charge in [0.25, 0.3) is 0 Å². The van der Waals surface area contributed by atoms with Crippen LogP contribution in [0.3, 0.4) is 0 Å². The zero-order valence-electron chi connectivity index (χ0n) is 11.8. The molecule has 0 aromatic heterocycles. The molecule has 21 heavy (non-hydrogen) atoms. The van der Waals surface area contributed by atoms with Gasteiger partial charge in [0.15, 0.2) is 0 Å². The van der Waals surface area contributed by atoms with Crippen molar-refractivity contribution in [1.29, 1.82) is 0 Å². The van der Waals surface area contributed by atoms with Gasteiger partial charge >= 0.3 is 0 Å². The zero-order chi connectivity index (χ0) is 14.3. The molecule has 2 aliphatic rings. The Bertz CT molecular complexity index is 517. The van der Waals surface area contributed by atoms with Gasteiger partial charge in [-0.25, -0.2) is 0 Å². The number of amides is 1. The summed E-state index contributed by atoms with van der Waals surface area (Å²) in [6, 6.07) is 5.85. The van der Waals surface area contributed by atoms with Crippen molar-refractivity contribution in [2.45, 2.75) is 25.3 Å². The largest absolute Gasteiger partial charge is 0.337 e. The van der Waals surface area contributed by atoms with Crippen molar-refractivity contribution in [2.75, 3.05) is 19.6 Å². The van der Waals surface area contributed by atoms with Crippen LogP contribution in [0.15, 0.2) is 18.2 Å². The van der Waals surface area contributed by atoms with Crippen LogP contribution in [0.5, 0.6) is 0 Å². The molecule has 1 aromatic carbocycles. The monoisotopic (exact) mass is 348 g/mol. The topological polar surface area (TPSA) is 32.3 Å². The quantitative estimate of drug-likeness (QED) is 0.888. The van der Waals surface area contributed by atoms with Crippen molar-refractivity contribution >= 4 is 41.5 Å². The van der Waals surface area contributed by atoms with Gasteiger partial charge in [0.05, 0.1) is 0 Å². The first-order valence-electron chi connectivity index (χ1n) is 7.03. The highest BCUT2D eigenvalue weighted by Gasteiger charge is 2.46. The van der Waals surface area contributed by atoms with Crippen molar-refractivity contribution in [2.24, 2.45) is 5.92 Å². The minimum absolute atomic E-state index is 0. The van der Waals surface area contributed by atoms with Gasteiger partial charge < -0.3 is 10.2 Å². The van der Waals surface area contributed by atoms with Gasteiger partial charge in [-0.1, -0.05) is 23.2 Å². The summed E-state index contributed by atoms with van der Waals surface area (Å²) in [5.41, 5.74) is 1.09. The maximum Gasteiger partial charge on any atom is 0.226 e. The maximum atomic E-state index is 12.6. The van der Waals surface area contributed by atoms with E-state index in [0.717, 1.165) is 31.6 Å². The molecule has 3 nitrogen and oxygen atoms in total. The molecule has 1 aliphatic heterocycles. The van der Waals surface area contributed by atoms with Crippen LogP contribution in [-0.4, -0.2) is 36.5 Å². The summed E-state index contributed by atoms with van der Waals surface area (Å²) in [5.74, 6) is 0.658. The number of nitrogens with one attached hydrogen (secondary N) is 1. The third kappa shape index (κ3) is 3.65. The molecule has 1 saturated carbocycles. The van der Waals surface area contributed by atoms with Crippen LogP contribution >= 0.6 is 35.6 Å². The number of benzene rings is 1. The van der Waals surface area contributed by atoms with Crippen molar-refractivity contribution in [3.8, 4) is 0 Å². The molecule has 2 unspecified atom stereocenters. The van der Waals surface area contributed by atoms with Gasteiger partial charge in [0, 0.05) is 41.6 Å². The molecule has 1 amide bonds. The predicted molar refractivity (Wildman–Crippen MR) is 88.6 cm³/mol. The van der Waals surface area contributed by atoms with Crippen molar-refractivity contribution < 1.29 is 4.79 Å². The Morgan fingerprint density at radius 2 is 1.95 bits per heavy atom. The highest BCUT2D eigenvalue weighted by molar-refractivity contribution is 6.34. The Labute approximate surface area is 141 Å². The molecule has 0 bridgehead atoms. The molecule has 1 saturated heterocycles. The molecule has 1 N–H and O–H groups in total. The Balaban J connectivity index is 0.00000161. The summed E-state index contributed by atoms with van der Waals surface area (Å²) in [7, 11) is 0. The number of halogens is 3. The lowest BCUT2D eigenvalue weighted by molar-refractivity contribution is -0.135. The number of rotatable bonds is 2. The summed E-state index contributed by atoms with van der Waals surface area (Å²) in [6.45, 7) is 4.67. The number of nitrogens with zero attached hydrogens (tertiary/aromatic N) is 1. The molecule has 1 aromatic rings. The van der Waals surface area contributed by atoms with Gasteiger partial charge in [0.2, 0.25) is 5.91 Å². The number of carbonyl (C=O) groups excluding carboxylic acids is 1. The normalized spacial score (nSPS) is 28.0. The zero-order valence-corrected chi connectivity index (χ0v) is 14.1. The molecule has 3 atom stereocenters. The average molecular weight is 350 g/mol. The average Bonchev–Trinajstić information content (AvgIpc) is 3.17. The fourth-order valence-corrected chi connectivity index (χ4v) is 3.55. The van der Waals surface area contributed by atoms with Crippen LogP contribution in [0.2, 0.25) is 10.0 Å². The molecule has 0 spiro atoms. The first-order chi connectivity index (χ1) is 9.56. The molecule has 116 valence electrons. The Morgan fingerprint density at radius 3 is 2.57 bits per heavy atom. The van der Waals surface area contributed by atoms with E-state index in [-0.39, 0.29) is 36.2 Å². The fourth-order valence-electron chi connectivity index (χ4n) is 3.01. The summed E-state index contributed by atoms with van der Waals surface area (Å²) >= 11 is 12.1. The van der Waals surface area contributed by atoms with Gasteiger partial charge in [0.1, 0.15) is 0 Å². The van der Waals surface area contributed by atoms with E-state index in [1.54, 1.807) is 6.07 Å². The van der Waals surface area contributed by atoms with Crippen molar-refractivity contribution in [1.82, 2.24) is 10.2 Å². The standard InChI is InChI=1S/C15H18Cl2N2O.ClH/c1-9-8-18-2-3-19(9)15(20)14-7-13(14)10-4-11(16)6-12(17)5-10;/h4-6,9,13-14,18H,2-3,7-8H2,1H3;1H/t9-,13?,14?;/m0./s1. The molecular weight excluding hydrogens is 331 g/mol. The first-order valence-corrected chi connectivity index (χ1v) is 7.79. The maximum absolute atomic E-state index is 12.6. The smallest absolute Gasteiger partial charge is 0.226 e. The molecule has 0 radical (unpaired) electrons. The summed E-state index contributed by atoms with van der Waals surface area (Å²) in [5, 5.41) is 4.59. The van der Waals surface area contributed by atoms with Crippen molar-refractivity contribution in [3.63, 3.8) is 0 Å². The van der Waals surface area contributed by atoms with Crippen LogP contribution in [-0.2, 0) is 4.79 Å². The third-order valence-electron chi connectivity index (χ3n) is 4.21. The molecule has 2 fully saturated rings. The summed E-state index contributed by atoms with van der Waals surface area (Å²) in [4.78, 5) is 14.6. The second kappa shape index (κ2) is 6.74. The van der Waals surface area contributed by atoms with Crippen molar-refractivity contribution in [3.05, 3.63) is 33.8 Å². The Hall–Kier alpha value is -0.480. The lowest BCUT2D eigenvalue weighted by Gasteiger charge is -2.34. The SMILES string of the molecule is C[C@H]1CNCCN1C(=O)C1CC1c1cc(Cl)cc(Cl)c1.Cl. The summed E-state index contributed by atoms with van der Waals surface area (Å²) in [6.07, 6.45) is 0.909. The lowest BCUT2D eigenvalue weighted by Crippen LogP contribution is -2.52. The van der Waals surface area contributed by atoms with E-state index in [4.69, 9.17) is 23.2 Å². The van der Waals surface area contributed by atoms with E-state index < -0.39 is 0 Å². The van der Waals surface area contributed by atoms with E-state index in [2.05, 4.69) is 12.2 Å². The number of piperazine rings is 1. The van der Waals surface area contributed by atoms with Gasteiger partial charge in [-0.2, -0.15) is 0 Å². The van der Waals surface area contributed by atoms with Gasteiger partial charge in [-0.05, 0) is 43.0 Å². The second-order valence-corrected chi connectivity index (χ2v) is 6.61. The predicted octanol–water partition coefficient (Wildman–Crippen LogP) is 3.34. The summed E-state index contributed by atoms with van der Waals surface area (Å²) < 4.78 is 0. The van der Waals surface area contributed by atoms with Crippen LogP contribution in [0.1, 0.15) is 24.8 Å². The van der Waals surface area contributed by atoms with E-state index in [9.17, 15) is 4.79 Å². The Morgan fingerprint density at radius 1 is 1.29 bits per heavy atom. The Kier molecular flexibility index (Phi) is 5.42. The molecule has 6 heteroatoms. The van der Waals surface area contributed by atoms with Gasteiger partial charge in [-0.3, -0.25) is 4.79 Å². The lowest BCUT2D eigenvalue weighted by atomic mass is 10.1. The number of hydrogen-bond acceptors (Lipinski definition) is 2. The molecule has 1 aliphatic carbocycles. The molecule has 1 heterocycles. The minimum Gasteiger partial charge on any atom is -0.337 e. The highest BCUT2D eigenvalue weighted by atomic mass is 35.5. The minimum atomic E-state index is 0. The first kappa shape index (κ1) is 16.9. The molecular formula is C15H19Cl3N2O. The van der Waals surface area contributed by atoms with E-state index in [1.807, 2.05) is 17.0 Å². The van der Waals surface area contributed by atoms with Crippen LogP contribution in [0.25, 0.3) is 0 Å². The third-order valence-corrected chi connectivity index (χ3v) is 4.64. The number of hydrogen-bond donors (Lipinski definition) is 1. The van der Waals surface area contributed by atoms with Crippen LogP contribution in [0, 0.1) is 5.92 Å². The van der Waals surface area contributed by atoms with E-state index >= 15 is 0 Å². The van der Waals surface area contributed by atoms with E-state index in [1.165, 1.54) is 0 Å². The fraction of sp³-hybridized carbons (Fsp3) is 0.533. The molecule has 3 rings (SSSR count).